The van der Waals surface area contributed by atoms with Crippen LogP contribution in [0.4, 0.5) is 0 Å². The van der Waals surface area contributed by atoms with Crippen LogP contribution < -0.4 is 10.1 Å². The van der Waals surface area contributed by atoms with Crippen molar-refractivity contribution in [3.05, 3.63) is 35.2 Å². The normalized spacial score (nSPS) is 15.1. The molecule has 2 aromatic rings. The summed E-state index contributed by atoms with van der Waals surface area (Å²) in [4.78, 5) is 12.4. The summed E-state index contributed by atoms with van der Waals surface area (Å²) in [6.45, 7) is 7.27. The molecular formula is C22H32N4O2S. The van der Waals surface area contributed by atoms with Gasteiger partial charge >= 0.3 is 0 Å². The van der Waals surface area contributed by atoms with Crippen LogP contribution in [0.5, 0.6) is 5.75 Å². The molecule has 0 saturated heterocycles. The van der Waals surface area contributed by atoms with E-state index in [1.54, 1.807) is 0 Å². The number of rotatable bonds is 8. The first-order chi connectivity index (χ1) is 14.0. The molecule has 0 unspecified atom stereocenters. The van der Waals surface area contributed by atoms with Gasteiger partial charge in [0.1, 0.15) is 12.4 Å². The lowest BCUT2D eigenvalue weighted by atomic mass is 10.1. The van der Waals surface area contributed by atoms with Crippen molar-refractivity contribution in [3.63, 3.8) is 0 Å². The molecule has 1 fully saturated rings. The molecule has 0 bridgehead atoms. The maximum Gasteiger partial charge on any atom is 0.230 e. The topological polar surface area (TPSA) is 69.0 Å². The number of hydrogen-bond acceptors (Lipinski definition) is 5. The highest BCUT2D eigenvalue weighted by atomic mass is 32.2. The van der Waals surface area contributed by atoms with Crippen LogP contribution in [0.25, 0.3) is 0 Å². The molecule has 158 valence electrons. The second kappa shape index (κ2) is 10.7. The van der Waals surface area contributed by atoms with Crippen molar-refractivity contribution in [2.24, 2.45) is 0 Å². The number of carbonyl (C=O) groups excluding carboxylic acids is 1. The third-order valence-corrected chi connectivity index (χ3v) is 6.19. The quantitative estimate of drug-likeness (QED) is 0.509. The van der Waals surface area contributed by atoms with Crippen molar-refractivity contribution < 1.29 is 9.53 Å². The smallest absolute Gasteiger partial charge is 0.230 e. The van der Waals surface area contributed by atoms with Gasteiger partial charge in [0.15, 0.2) is 11.0 Å². The molecular weight excluding hydrogens is 384 g/mol. The number of benzene rings is 1. The molecule has 1 aliphatic carbocycles. The standard InChI is InChI=1S/C22H32N4O2S/c1-4-26-20(14-28-19-12-16(2)11-17(3)13-19)24-25-22(26)29-15-21(27)23-18-9-7-5-6-8-10-18/h11-13,18H,4-10,14-15H2,1-3H3,(H,23,27). The molecule has 1 N–H and O–H groups in total. The first kappa shape index (κ1) is 21.7. The number of amides is 1. The van der Waals surface area contributed by atoms with Crippen LogP contribution in [0.1, 0.15) is 62.4 Å². The van der Waals surface area contributed by atoms with Crippen molar-refractivity contribution in [1.29, 1.82) is 0 Å². The summed E-state index contributed by atoms with van der Waals surface area (Å²) in [5.41, 5.74) is 2.35. The molecule has 1 aromatic carbocycles. The summed E-state index contributed by atoms with van der Waals surface area (Å²) in [7, 11) is 0. The molecule has 29 heavy (non-hydrogen) atoms. The van der Waals surface area contributed by atoms with Gasteiger partial charge in [-0.05, 0) is 56.9 Å². The second-order valence-corrected chi connectivity index (χ2v) is 8.74. The fourth-order valence-electron chi connectivity index (χ4n) is 3.84. The highest BCUT2D eigenvalue weighted by Gasteiger charge is 2.17. The van der Waals surface area contributed by atoms with Gasteiger partial charge < -0.3 is 14.6 Å². The Morgan fingerprint density at radius 3 is 2.48 bits per heavy atom. The van der Waals surface area contributed by atoms with E-state index in [1.807, 2.05) is 16.7 Å². The molecule has 0 atom stereocenters. The van der Waals surface area contributed by atoms with E-state index in [0.29, 0.717) is 18.4 Å². The lowest BCUT2D eigenvalue weighted by Gasteiger charge is -2.16. The van der Waals surface area contributed by atoms with E-state index >= 15 is 0 Å². The Kier molecular flexibility index (Phi) is 7.98. The second-order valence-electron chi connectivity index (χ2n) is 7.80. The Balaban J connectivity index is 1.53. The monoisotopic (exact) mass is 416 g/mol. The number of nitrogens with one attached hydrogen (secondary N) is 1. The Bertz CT molecular complexity index is 793. The Morgan fingerprint density at radius 1 is 1.14 bits per heavy atom. The molecule has 0 aliphatic heterocycles. The third kappa shape index (κ3) is 6.49. The summed E-state index contributed by atoms with van der Waals surface area (Å²) >= 11 is 1.44. The number of aromatic nitrogens is 3. The van der Waals surface area contributed by atoms with Crippen LogP contribution in [0.3, 0.4) is 0 Å². The summed E-state index contributed by atoms with van der Waals surface area (Å²) < 4.78 is 7.96. The van der Waals surface area contributed by atoms with Crippen LogP contribution >= 0.6 is 11.8 Å². The van der Waals surface area contributed by atoms with Crippen molar-refractivity contribution >= 4 is 17.7 Å². The van der Waals surface area contributed by atoms with Gasteiger partial charge in [0.05, 0.1) is 5.75 Å². The number of nitrogens with zero attached hydrogens (tertiary/aromatic N) is 3. The van der Waals surface area contributed by atoms with Crippen LogP contribution in [0, 0.1) is 13.8 Å². The van der Waals surface area contributed by atoms with Gasteiger partial charge in [0.25, 0.3) is 0 Å². The number of hydrogen-bond donors (Lipinski definition) is 1. The zero-order chi connectivity index (χ0) is 20.6. The zero-order valence-corrected chi connectivity index (χ0v) is 18.6. The largest absolute Gasteiger partial charge is 0.486 e. The highest BCUT2D eigenvalue weighted by molar-refractivity contribution is 7.99. The first-order valence-electron chi connectivity index (χ1n) is 10.6. The van der Waals surface area contributed by atoms with Crippen molar-refractivity contribution in [3.8, 4) is 5.75 Å². The minimum absolute atomic E-state index is 0.0839. The average Bonchev–Trinajstić information content (AvgIpc) is 2.89. The van der Waals surface area contributed by atoms with Gasteiger partial charge in [-0.3, -0.25) is 4.79 Å². The zero-order valence-electron chi connectivity index (χ0n) is 17.7. The van der Waals surface area contributed by atoms with Gasteiger partial charge in [-0.25, -0.2) is 0 Å². The van der Waals surface area contributed by atoms with E-state index in [2.05, 4.69) is 42.4 Å². The summed E-state index contributed by atoms with van der Waals surface area (Å²) in [6, 6.07) is 6.49. The maximum atomic E-state index is 12.4. The van der Waals surface area contributed by atoms with E-state index in [4.69, 9.17) is 4.74 Å². The molecule has 1 aliphatic rings. The van der Waals surface area contributed by atoms with Crippen LogP contribution in [0.2, 0.25) is 0 Å². The number of ether oxygens (including phenoxy) is 1. The molecule has 3 rings (SSSR count). The fourth-order valence-corrected chi connectivity index (χ4v) is 4.67. The first-order valence-corrected chi connectivity index (χ1v) is 11.6. The lowest BCUT2D eigenvalue weighted by Crippen LogP contribution is -2.35. The molecule has 1 saturated carbocycles. The molecule has 1 aromatic heterocycles. The molecule has 7 heteroatoms. The van der Waals surface area contributed by atoms with E-state index in [1.165, 1.54) is 48.6 Å². The molecule has 0 radical (unpaired) electrons. The minimum atomic E-state index is 0.0839. The number of aryl methyl sites for hydroxylation is 2. The number of carbonyl (C=O) groups is 1. The van der Waals surface area contributed by atoms with Crippen molar-refractivity contribution in [2.45, 2.75) is 83.6 Å². The van der Waals surface area contributed by atoms with Crippen molar-refractivity contribution in [2.75, 3.05) is 5.75 Å². The summed E-state index contributed by atoms with van der Waals surface area (Å²) in [5, 5.41) is 12.5. The third-order valence-electron chi connectivity index (χ3n) is 5.23. The highest BCUT2D eigenvalue weighted by Crippen LogP contribution is 2.21. The van der Waals surface area contributed by atoms with Gasteiger partial charge in [0, 0.05) is 12.6 Å². The molecule has 1 amide bonds. The van der Waals surface area contributed by atoms with Crippen molar-refractivity contribution in [1.82, 2.24) is 20.1 Å². The van der Waals surface area contributed by atoms with Gasteiger partial charge in [-0.15, -0.1) is 10.2 Å². The fraction of sp³-hybridized carbons (Fsp3) is 0.591. The maximum absolute atomic E-state index is 12.4. The Labute approximate surface area is 177 Å². The van der Waals surface area contributed by atoms with Gasteiger partial charge in [-0.1, -0.05) is 43.5 Å². The van der Waals surface area contributed by atoms with Crippen LogP contribution in [-0.4, -0.2) is 32.5 Å². The van der Waals surface area contributed by atoms with E-state index in [0.717, 1.165) is 36.1 Å². The molecule has 0 spiro atoms. The van der Waals surface area contributed by atoms with Crippen LogP contribution in [-0.2, 0) is 17.9 Å². The average molecular weight is 417 g/mol. The van der Waals surface area contributed by atoms with E-state index in [-0.39, 0.29) is 5.91 Å². The Morgan fingerprint density at radius 2 is 1.83 bits per heavy atom. The van der Waals surface area contributed by atoms with Gasteiger partial charge in [0.2, 0.25) is 5.91 Å². The summed E-state index contributed by atoms with van der Waals surface area (Å²) in [6.07, 6.45) is 7.20. The lowest BCUT2D eigenvalue weighted by molar-refractivity contribution is -0.119. The van der Waals surface area contributed by atoms with E-state index < -0.39 is 0 Å². The Hall–Kier alpha value is -2.02. The minimum Gasteiger partial charge on any atom is -0.486 e. The predicted molar refractivity (Wildman–Crippen MR) is 116 cm³/mol. The van der Waals surface area contributed by atoms with Crippen LogP contribution in [0.15, 0.2) is 23.4 Å². The molecule has 1 heterocycles. The van der Waals surface area contributed by atoms with Gasteiger partial charge in [-0.2, -0.15) is 0 Å². The summed E-state index contributed by atoms with van der Waals surface area (Å²) in [5.74, 6) is 2.07. The molecule has 6 nitrogen and oxygen atoms in total. The van der Waals surface area contributed by atoms with E-state index in [9.17, 15) is 4.79 Å². The predicted octanol–water partition coefficient (Wildman–Crippen LogP) is 4.42. The SMILES string of the molecule is CCn1c(COc2cc(C)cc(C)c2)nnc1SCC(=O)NC1CCCCCC1. The number of thioether (sulfide) groups is 1.